The molecular weight excluding hydrogens is 713 g/mol. The van der Waals surface area contributed by atoms with Crippen molar-refractivity contribution in [1.82, 2.24) is 19.5 Å². The van der Waals surface area contributed by atoms with Crippen molar-refractivity contribution in [2.75, 3.05) is 0 Å². The molecule has 0 bridgehead atoms. The summed E-state index contributed by atoms with van der Waals surface area (Å²) in [5.74, 6) is 8.39. The van der Waals surface area contributed by atoms with E-state index < -0.39 is 0 Å². The Balaban J connectivity index is 1.16. The molecule has 0 N–H and O–H groups in total. The lowest BCUT2D eigenvalue weighted by Gasteiger charge is -2.15. The van der Waals surface area contributed by atoms with Crippen molar-refractivity contribution in [3.05, 3.63) is 175 Å². The summed E-state index contributed by atoms with van der Waals surface area (Å²) in [6.07, 6.45) is 19.7. The maximum Gasteiger partial charge on any atom is 0.172 e. The maximum absolute atomic E-state index is 4.99. The van der Waals surface area contributed by atoms with Gasteiger partial charge in [0.15, 0.2) is 17.5 Å². The highest BCUT2D eigenvalue weighted by Gasteiger charge is 2.21. The van der Waals surface area contributed by atoms with Gasteiger partial charge in [0.2, 0.25) is 0 Å². The van der Waals surface area contributed by atoms with Crippen LogP contribution in [0.1, 0.15) is 49.6 Å². The number of hydrogen-bond acceptors (Lipinski definition) is 4. The highest BCUT2D eigenvalue weighted by atomic mass is 32.1. The van der Waals surface area contributed by atoms with Gasteiger partial charge >= 0.3 is 0 Å². The molecule has 2 aliphatic rings. The van der Waals surface area contributed by atoms with Crippen molar-refractivity contribution in [3.8, 4) is 51.2 Å². The highest BCUT2D eigenvalue weighted by molar-refractivity contribution is 7.26. The summed E-state index contributed by atoms with van der Waals surface area (Å²) in [7, 11) is 0. The Morgan fingerprint density at radius 2 is 1.54 bits per heavy atom. The molecule has 57 heavy (non-hydrogen) atoms. The smallest absolute Gasteiger partial charge is 0.172 e. The summed E-state index contributed by atoms with van der Waals surface area (Å²) < 4.78 is 5.06. The van der Waals surface area contributed by atoms with Gasteiger partial charge in [-0.3, -0.25) is 0 Å². The zero-order chi connectivity index (χ0) is 38.3. The molecule has 0 atom stereocenters. The van der Waals surface area contributed by atoms with Gasteiger partial charge in [-0.2, -0.15) is 0 Å². The number of allylic oxidation sites excluding steroid dienone is 9. The minimum atomic E-state index is 0.619. The van der Waals surface area contributed by atoms with Crippen LogP contribution in [0.2, 0.25) is 0 Å². The fourth-order valence-corrected chi connectivity index (χ4v) is 9.32. The van der Waals surface area contributed by atoms with E-state index in [9.17, 15) is 0 Å². The van der Waals surface area contributed by atoms with Crippen LogP contribution < -0.4 is 0 Å². The lowest BCUT2D eigenvalue weighted by molar-refractivity contribution is 0.995. The van der Waals surface area contributed by atoms with Gasteiger partial charge in [0.05, 0.1) is 11.1 Å². The fourth-order valence-electron chi connectivity index (χ4n) is 8.10. The SMILES string of the molecule is C/C=C\C(=C/C)c1nc(C2=CCCC#C2)nc(-c2ccc(-c3cc(-n4c5c(c6ccc(-c7ccccc7)cc64)C=CC=CC5)cc4c3sc3ccccc34)cc2)n1. The molecule has 8 aromatic rings. The van der Waals surface area contributed by atoms with Crippen molar-refractivity contribution >= 4 is 59.6 Å². The van der Waals surface area contributed by atoms with Gasteiger partial charge in [0.1, 0.15) is 0 Å². The van der Waals surface area contributed by atoms with E-state index in [0.29, 0.717) is 17.5 Å². The van der Waals surface area contributed by atoms with E-state index in [-0.39, 0.29) is 0 Å². The summed E-state index contributed by atoms with van der Waals surface area (Å²) in [5, 5.41) is 3.79. The standard InChI is InChI=1S/C52H38N4S/c1-3-16-34(4-2)50-53-51(37-19-10-6-11-20-37)55-52(54-50)38-27-25-36(26-28-38)44-32-40(33-45-43-22-14-15-24-48(43)57-49(44)45)56-46-23-13-7-12-21-41(46)42-30-29-39(31-47(42)56)35-17-8-5-9-18-35/h3-5,7-9,12-19,21-22,24-33H,6,10,23H2,1-2H3/b16-3-,34-4+. The van der Waals surface area contributed by atoms with Crippen LogP contribution in [0.5, 0.6) is 0 Å². The molecule has 4 nitrogen and oxygen atoms in total. The first-order valence-corrected chi connectivity index (χ1v) is 20.4. The van der Waals surface area contributed by atoms with Gasteiger partial charge in [0.25, 0.3) is 0 Å². The zero-order valence-corrected chi connectivity index (χ0v) is 32.6. The van der Waals surface area contributed by atoms with E-state index in [1.807, 2.05) is 43.4 Å². The number of hydrogen-bond donors (Lipinski definition) is 0. The Morgan fingerprint density at radius 1 is 0.737 bits per heavy atom. The zero-order valence-electron chi connectivity index (χ0n) is 31.8. The lowest BCUT2D eigenvalue weighted by Crippen LogP contribution is -2.05. The Bertz CT molecular complexity index is 3100. The normalized spacial score (nSPS) is 13.9. The van der Waals surface area contributed by atoms with Gasteiger partial charge in [-0.25, -0.2) is 15.0 Å². The predicted molar refractivity (Wildman–Crippen MR) is 241 cm³/mol. The van der Waals surface area contributed by atoms with Crippen molar-refractivity contribution in [2.24, 2.45) is 0 Å². The van der Waals surface area contributed by atoms with E-state index in [0.717, 1.165) is 47.2 Å². The summed E-state index contributed by atoms with van der Waals surface area (Å²) in [4.78, 5) is 14.9. The molecule has 0 aliphatic heterocycles. The van der Waals surface area contributed by atoms with Crippen LogP contribution in [0.4, 0.5) is 0 Å². The Labute approximate surface area is 336 Å². The summed E-state index contributed by atoms with van der Waals surface area (Å²) in [6, 6.07) is 39.9. The molecule has 272 valence electrons. The summed E-state index contributed by atoms with van der Waals surface area (Å²) in [5.41, 5.74) is 12.4. The largest absolute Gasteiger partial charge is 0.313 e. The number of fused-ring (bicyclic) bond motifs is 6. The minimum Gasteiger partial charge on any atom is -0.313 e. The monoisotopic (exact) mass is 750 g/mol. The second-order valence-corrected chi connectivity index (χ2v) is 15.4. The molecule has 0 radical (unpaired) electrons. The van der Waals surface area contributed by atoms with E-state index >= 15 is 0 Å². The van der Waals surface area contributed by atoms with E-state index in [2.05, 4.69) is 156 Å². The Morgan fingerprint density at radius 3 is 2.37 bits per heavy atom. The van der Waals surface area contributed by atoms with Crippen molar-refractivity contribution in [2.45, 2.75) is 33.1 Å². The number of nitrogens with zero attached hydrogens (tertiary/aromatic N) is 4. The van der Waals surface area contributed by atoms with Crippen LogP contribution in [0, 0.1) is 11.8 Å². The number of rotatable bonds is 7. The third kappa shape index (κ3) is 6.25. The van der Waals surface area contributed by atoms with Crippen molar-refractivity contribution in [3.63, 3.8) is 0 Å². The second-order valence-electron chi connectivity index (χ2n) is 14.3. The second kappa shape index (κ2) is 14.7. The number of aromatic nitrogens is 4. The van der Waals surface area contributed by atoms with Gasteiger partial charge in [0, 0.05) is 72.0 Å². The van der Waals surface area contributed by atoms with Crippen LogP contribution >= 0.6 is 11.3 Å². The molecule has 3 aromatic heterocycles. The maximum atomic E-state index is 4.99. The van der Waals surface area contributed by atoms with Crippen molar-refractivity contribution in [1.29, 1.82) is 0 Å². The Hall–Kier alpha value is -6.87. The topological polar surface area (TPSA) is 43.6 Å². The molecule has 0 amide bonds. The molecule has 5 aromatic carbocycles. The van der Waals surface area contributed by atoms with Gasteiger partial charge < -0.3 is 4.57 Å². The van der Waals surface area contributed by atoms with Crippen molar-refractivity contribution < 1.29 is 0 Å². The molecule has 0 fully saturated rings. The number of benzene rings is 5. The van der Waals surface area contributed by atoms with Crippen LogP contribution in [0.15, 0.2) is 152 Å². The first kappa shape index (κ1) is 34.6. The Kier molecular flexibility index (Phi) is 8.90. The first-order valence-electron chi connectivity index (χ1n) is 19.5. The minimum absolute atomic E-state index is 0.619. The van der Waals surface area contributed by atoms with E-state index in [1.54, 1.807) is 0 Å². The highest BCUT2D eigenvalue weighted by Crippen LogP contribution is 2.44. The lowest BCUT2D eigenvalue weighted by atomic mass is 9.99. The van der Waals surface area contributed by atoms with E-state index in [1.165, 1.54) is 59.0 Å². The fraction of sp³-hybridized carbons (Fsp3) is 0.0962. The van der Waals surface area contributed by atoms with Gasteiger partial charge in [-0.15, -0.1) is 11.3 Å². The third-order valence-electron chi connectivity index (χ3n) is 10.8. The van der Waals surface area contributed by atoms with Crippen LogP contribution in [-0.2, 0) is 6.42 Å². The molecule has 5 heteroatoms. The summed E-state index contributed by atoms with van der Waals surface area (Å²) in [6.45, 7) is 4.02. The van der Waals surface area contributed by atoms with Gasteiger partial charge in [-0.1, -0.05) is 145 Å². The predicted octanol–water partition coefficient (Wildman–Crippen LogP) is 13.5. The van der Waals surface area contributed by atoms with Crippen LogP contribution in [0.3, 0.4) is 0 Å². The first-order chi connectivity index (χ1) is 28.2. The third-order valence-corrected chi connectivity index (χ3v) is 12.1. The molecule has 2 aliphatic carbocycles. The molecule has 0 spiro atoms. The molecule has 3 heterocycles. The summed E-state index contributed by atoms with van der Waals surface area (Å²) >= 11 is 1.86. The molecule has 10 rings (SSSR count). The molecule has 0 unspecified atom stereocenters. The average molecular weight is 751 g/mol. The quantitative estimate of drug-likeness (QED) is 0.120. The van der Waals surface area contributed by atoms with Gasteiger partial charge in [-0.05, 0) is 61.2 Å². The van der Waals surface area contributed by atoms with E-state index in [4.69, 9.17) is 15.0 Å². The average Bonchev–Trinajstić information content (AvgIpc) is 3.69. The molecule has 0 saturated carbocycles. The molecular formula is C52H38N4S. The van der Waals surface area contributed by atoms with Crippen LogP contribution in [-0.4, -0.2) is 19.5 Å². The van der Waals surface area contributed by atoms with Crippen LogP contribution in [0.25, 0.3) is 87.6 Å². The molecule has 0 saturated heterocycles. The number of thiophene rings is 1.